The summed E-state index contributed by atoms with van der Waals surface area (Å²) in [5, 5.41) is 14.7. The zero-order valence-corrected chi connectivity index (χ0v) is 21.6. The molecule has 196 valence electrons. The van der Waals surface area contributed by atoms with Gasteiger partial charge in [0.25, 0.3) is 5.91 Å². The highest BCUT2D eigenvalue weighted by Crippen LogP contribution is 2.38. The molecule has 0 saturated carbocycles. The third kappa shape index (κ3) is 5.30. The quantitative estimate of drug-likeness (QED) is 0.511. The standard InChI is InChI=1S/C25H27Cl2N5O5/c1-30-15-32(16-6-3-2-4-7-16)25(23(30)36)10-12-31(13-11-25)24(37)28-14-19(22(34)35)29-21(33)20-17(26)8-5-9-18(20)27/h2-9,19H,10-15H2,1H3,(H,28,37)(H,29,33)(H,34,35)/t19-/m1/s1. The number of hydrogen-bond acceptors (Lipinski definition) is 5. The molecule has 0 bridgehead atoms. The second-order valence-corrected chi connectivity index (χ2v) is 9.89. The van der Waals surface area contributed by atoms with Crippen LogP contribution in [0.1, 0.15) is 23.2 Å². The van der Waals surface area contributed by atoms with E-state index >= 15 is 0 Å². The average Bonchev–Trinajstić information content (AvgIpc) is 3.12. The van der Waals surface area contributed by atoms with Gasteiger partial charge in [-0.15, -0.1) is 0 Å². The Morgan fingerprint density at radius 1 is 1.03 bits per heavy atom. The Kier molecular flexibility index (Phi) is 7.79. The largest absolute Gasteiger partial charge is 0.480 e. The number of piperidine rings is 1. The number of anilines is 1. The van der Waals surface area contributed by atoms with Crippen LogP contribution in [-0.2, 0) is 9.59 Å². The molecular weight excluding hydrogens is 521 g/mol. The number of nitrogens with one attached hydrogen (secondary N) is 2. The van der Waals surface area contributed by atoms with E-state index in [0.29, 0.717) is 32.6 Å². The number of rotatable bonds is 6. The number of urea groups is 1. The van der Waals surface area contributed by atoms with Crippen molar-refractivity contribution >= 4 is 52.7 Å². The molecule has 2 fully saturated rings. The normalized spacial score (nSPS) is 17.6. The second kappa shape index (κ2) is 10.9. The summed E-state index contributed by atoms with van der Waals surface area (Å²) in [5.41, 5.74) is 0.161. The molecule has 2 aromatic rings. The molecule has 2 aliphatic heterocycles. The number of nitrogens with zero attached hydrogens (tertiary/aromatic N) is 3. The zero-order chi connectivity index (χ0) is 26.7. The summed E-state index contributed by atoms with van der Waals surface area (Å²) >= 11 is 12.1. The Morgan fingerprint density at radius 3 is 2.24 bits per heavy atom. The fraction of sp³-hybridized carbons (Fsp3) is 0.360. The number of amides is 4. The lowest BCUT2D eigenvalue weighted by atomic mass is 9.85. The summed E-state index contributed by atoms with van der Waals surface area (Å²) in [6.07, 6.45) is 0.866. The number of likely N-dealkylation sites (N-methyl/N-ethyl adjacent to an activating group) is 1. The number of carbonyl (C=O) groups excluding carboxylic acids is 3. The summed E-state index contributed by atoms with van der Waals surface area (Å²) in [4.78, 5) is 55.6. The van der Waals surface area contributed by atoms with Crippen LogP contribution < -0.4 is 15.5 Å². The van der Waals surface area contributed by atoms with Gasteiger partial charge < -0.3 is 30.4 Å². The summed E-state index contributed by atoms with van der Waals surface area (Å²) in [6, 6.07) is 12.3. The molecule has 2 aliphatic rings. The van der Waals surface area contributed by atoms with Gasteiger partial charge in [0.15, 0.2) is 0 Å². The Morgan fingerprint density at radius 2 is 1.65 bits per heavy atom. The van der Waals surface area contributed by atoms with Gasteiger partial charge in [-0.25, -0.2) is 9.59 Å². The van der Waals surface area contributed by atoms with Crippen LogP contribution in [0.3, 0.4) is 0 Å². The van der Waals surface area contributed by atoms with Crippen molar-refractivity contribution in [3.63, 3.8) is 0 Å². The molecule has 2 aromatic carbocycles. The molecule has 2 saturated heterocycles. The molecule has 4 amide bonds. The first-order chi connectivity index (χ1) is 17.6. The van der Waals surface area contributed by atoms with Gasteiger partial charge in [-0.1, -0.05) is 47.5 Å². The van der Waals surface area contributed by atoms with Gasteiger partial charge in [-0.05, 0) is 37.1 Å². The molecule has 4 rings (SSSR count). The third-order valence-corrected chi connectivity index (χ3v) is 7.44. The molecule has 0 radical (unpaired) electrons. The highest BCUT2D eigenvalue weighted by atomic mass is 35.5. The minimum absolute atomic E-state index is 0.0169. The van der Waals surface area contributed by atoms with Crippen molar-refractivity contribution in [1.82, 2.24) is 20.4 Å². The molecule has 37 heavy (non-hydrogen) atoms. The third-order valence-electron chi connectivity index (χ3n) is 6.81. The van der Waals surface area contributed by atoms with Gasteiger partial charge in [0.05, 0.1) is 28.8 Å². The van der Waals surface area contributed by atoms with E-state index in [1.807, 2.05) is 30.3 Å². The van der Waals surface area contributed by atoms with Gasteiger partial charge in [0, 0.05) is 25.8 Å². The van der Waals surface area contributed by atoms with Crippen molar-refractivity contribution in [3.05, 3.63) is 64.1 Å². The Bertz CT molecular complexity index is 1180. The smallest absolute Gasteiger partial charge is 0.328 e. The SMILES string of the molecule is CN1CN(c2ccccc2)C2(CCN(C(=O)NC[C@@H](NC(=O)c3c(Cl)cccc3Cl)C(=O)O)CC2)C1=O. The van der Waals surface area contributed by atoms with Crippen LogP contribution in [-0.4, -0.2) is 83.7 Å². The number of likely N-dealkylation sites (tertiary alicyclic amines) is 1. The number of carboxylic acids is 1. The van der Waals surface area contributed by atoms with Gasteiger partial charge in [0.2, 0.25) is 5.91 Å². The molecule has 10 nitrogen and oxygen atoms in total. The Hall–Kier alpha value is -3.50. The summed E-state index contributed by atoms with van der Waals surface area (Å²) in [6.45, 7) is 0.744. The van der Waals surface area contributed by atoms with Crippen LogP contribution in [0, 0.1) is 0 Å². The fourth-order valence-electron chi connectivity index (χ4n) is 4.83. The molecule has 12 heteroatoms. The first-order valence-electron chi connectivity index (χ1n) is 11.7. The van der Waals surface area contributed by atoms with Crippen molar-refractivity contribution in [2.75, 3.05) is 38.3 Å². The molecule has 1 spiro atoms. The predicted octanol–water partition coefficient (Wildman–Crippen LogP) is 2.66. The van der Waals surface area contributed by atoms with E-state index in [2.05, 4.69) is 15.5 Å². The number of aliphatic carboxylic acids is 1. The highest BCUT2D eigenvalue weighted by Gasteiger charge is 2.53. The molecule has 0 aliphatic carbocycles. The number of benzene rings is 2. The van der Waals surface area contributed by atoms with Gasteiger partial charge >= 0.3 is 12.0 Å². The van der Waals surface area contributed by atoms with E-state index in [-0.39, 0.29) is 28.1 Å². The van der Waals surface area contributed by atoms with Crippen LogP contribution in [0.5, 0.6) is 0 Å². The lowest BCUT2D eigenvalue weighted by Gasteiger charge is -2.43. The van der Waals surface area contributed by atoms with E-state index in [1.54, 1.807) is 22.9 Å². The lowest BCUT2D eigenvalue weighted by molar-refractivity contribution is -0.139. The van der Waals surface area contributed by atoms with Crippen LogP contribution >= 0.6 is 23.2 Å². The molecular formula is C25H27Cl2N5O5. The van der Waals surface area contributed by atoms with Crippen LogP contribution in [0.2, 0.25) is 10.0 Å². The second-order valence-electron chi connectivity index (χ2n) is 9.07. The van der Waals surface area contributed by atoms with Gasteiger partial charge in [-0.2, -0.15) is 0 Å². The predicted molar refractivity (Wildman–Crippen MR) is 139 cm³/mol. The minimum atomic E-state index is -1.40. The van der Waals surface area contributed by atoms with Crippen LogP contribution in [0.15, 0.2) is 48.5 Å². The van der Waals surface area contributed by atoms with E-state index in [9.17, 15) is 24.3 Å². The maximum atomic E-state index is 13.1. The van der Waals surface area contributed by atoms with Gasteiger partial charge in [0.1, 0.15) is 11.6 Å². The van der Waals surface area contributed by atoms with Crippen LogP contribution in [0.25, 0.3) is 0 Å². The maximum absolute atomic E-state index is 13.1. The van der Waals surface area contributed by atoms with E-state index < -0.39 is 29.5 Å². The molecule has 0 unspecified atom stereocenters. The fourth-order valence-corrected chi connectivity index (χ4v) is 5.40. The minimum Gasteiger partial charge on any atom is -0.480 e. The van der Waals surface area contributed by atoms with Crippen molar-refractivity contribution < 1.29 is 24.3 Å². The average molecular weight is 548 g/mol. The van der Waals surface area contributed by atoms with E-state index in [0.717, 1.165) is 5.69 Å². The number of para-hydroxylation sites is 1. The van der Waals surface area contributed by atoms with Crippen LogP contribution in [0.4, 0.5) is 10.5 Å². The van der Waals surface area contributed by atoms with Crippen molar-refractivity contribution in [2.45, 2.75) is 24.4 Å². The molecule has 0 aromatic heterocycles. The first kappa shape index (κ1) is 26.6. The Labute approximate surface area is 224 Å². The molecule has 3 N–H and O–H groups in total. The first-order valence-corrected chi connectivity index (χ1v) is 12.5. The summed E-state index contributed by atoms with van der Waals surface area (Å²) in [5.74, 6) is -2.07. The number of halogens is 2. The van der Waals surface area contributed by atoms with Crippen molar-refractivity contribution in [2.24, 2.45) is 0 Å². The van der Waals surface area contributed by atoms with E-state index in [1.165, 1.54) is 12.1 Å². The topological polar surface area (TPSA) is 122 Å². The number of carbonyl (C=O) groups is 4. The maximum Gasteiger partial charge on any atom is 0.328 e. The summed E-state index contributed by atoms with van der Waals surface area (Å²) in [7, 11) is 1.77. The monoisotopic (exact) mass is 547 g/mol. The summed E-state index contributed by atoms with van der Waals surface area (Å²) < 4.78 is 0. The van der Waals surface area contributed by atoms with Gasteiger partial charge in [-0.3, -0.25) is 9.59 Å². The number of hydrogen-bond donors (Lipinski definition) is 3. The molecule has 1 atom stereocenters. The molecule has 2 heterocycles. The lowest BCUT2D eigenvalue weighted by Crippen LogP contribution is -2.59. The Balaban J connectivity index is 1.37. The van der Waals surface area contributed by atoms with Crippen molar-refractivity contribution in [3.8, 4) is 0 Å². The van der Waals surface area contributed by atoms with Crippen molar-refractivity contribution in [1.29, 1.82) is 0 Å². The zero-order valence-electron chi connectivity index (χ0n) is 20.1. The van der Waals surface area contributed by atoms with E-state index in [4.69, 9.17) is 23.2 Å². The number of carboxylic acid groups (broad SMARTS) is 1. The highest BCUT2D eigenvalue weighted by molar-refractivity contribution is 6.39.